The standard InChI is InChI=1S/C18H25NO3/c1-17(2,3)15-12-14(13-10-8-7-9-11-13)19(22-15)16(20)21-18(4,5)6/h7-12,15H,1-6H3. The molecule has 0 saturated heterocycles. The fourth-order valence-corrected chi connectivity index (χ4v) is 2.09. The highest BCUT2D eigenvalue weighted by Gasteiger charge is 2.38. The maximum Gasteiger partial charge on any atom is 0.439 e. The molecule has 22 heavy (non-hydrogen) atoms. The Morgan fingerprint density at radius 1 is 1.09 bits per heavy atom. The summed E-state index contributed by atoms with van der Waals surface area (Å²) in [7, 11) is 0. The van der Waals surface area contributed by atoms with Gasteiger partial charge in [-0.15, -0.1) is 0 Å². The van der Waals surface area contributed by atoms with Crippen molar-refractivity contribution < 1.29 is 14.4 Å². The van der Waals surface area contributed by atoms with Crippen LogP contribution in [0.25, 0.3) is 5.70 Å². The molecular weight excluding hydrogens is 278 g/mol. The van der Waals surface area contributed by atoms with Crippen molar-refractivity contribution >= 4 is 11.8 Å². The number of benzene rings is 1. The fourth-order valence-electron chi connectivity index (χ4n) is 2.09. The van der Waals surface area contributed by atoms with Crippen molar-refractivity contribution in [2.75, 3.05) is 0 Å². The van der Waals surface area contributed by atoms with E-state index in [-0.39, 0.29) is 11.5 Å². The molecule has 0 radical (unpaired) electrons. The van der Waals surface area contributed by atoms with Gasteiger partial charge in [0.05, 0.1) is 5.70 Å². The zero-order valence-corrected chi connectivity index (χ0v) is 14.2. The average molecular weight is 303 g/mol. The first kappa shape index (κ1) is 16.6. The van der Waals surface area contributed by atoms with Crippen molar-refractivity contribution in [3.8, 4) is 0 Å². The van der Waals surface area contributed by atoms with Crippen LogP contribution >= 0.6 is 0 Å². The predicted molar refractivity (Wildman–Crippen MR) is 86.8 cm³/mol. The monoisotopic (exact) mass is 303 g/mol. The fraction of sp³-hybridized carbons (Fsp3) is 0.500. The minimum Gasteiger partial charge on any atom is -0.442 e. The lowest BCUT2D eigenvalue weighted by molar-refractivity contribution is -0.141. The molecule has 0 aliphatic carbocycles. The molecule has 1 aromatic rings. The molecule has 1 amide bonds. The van der Waals surface area contributed by atoms with Gasteiger partial charge in [-0.3, -0.25) is 4.84 Å². The molecule has 0 aromatic heterocycles. The first-order valence-electron chi connectivity index (χ1n) is 7.55. The SMILES string of the molecule is CC(C)(C)OC(=O)N1OC(C(C)(C)C)C=C1c1ccccc1. The Bertz CT molecular complexity index is 564. The van der Waals surface area contributed by atoms with Gasteiger partial charge in [0.2, 0.25) is 0 Å². The Labute approximate surface area is 132 Å². The van der Waals surface area contributed by atoms with Crippen molar-refractivity contribution in [2.45, 2.75) is 53.2 Å². The zero-order chi connectivity index (χ0) is 16.5. The van der Waals surface area contributed by atoms with Crippen LogP contribution in [0.3, 0.4) is 0 Å². The lowest BCUT2D eigenvalue weighted by atomic mass is 9.88. The molecular formula is C18H25NO3. The van der Waals surface area contributed by atoms with Gasteiger partial charge in [0.15, 0.2) is 0 Å². The first-order chi connectivity index (χ1) is 10.1. The summed E-state index contributed by atoms with van der Waals surface area (Å²) in [6.07, 6.45) is 1.31. The Kier molecular flexibility index (Phi) is 4.34. The normalized spacial score (nSPS) is 19.1. The summed E-state index contributed by atoms with van der Waals surface area (Å²) in [6.45, 7) is 11.8. The van der Waals surface area contributed by atoms with Crippen molar-refractivity contribution in [3.05, 3.63) is 42.0 Å². The molecule has 1 aliphatic heterocycles. The lowest BCUT2D eigenvalue weighted by Crippen LogP contribution is -2.36. The van der Waals surface area contributed by atoms with Crippen LogP contribution in [-0.4, -0.2) is 22.9 Å². The number of hydrogen-bond donors (Lipinski definition) is 0. The van der Waals surface area contributed by atoms with Gasteiger partial charge < -0.3 is 4.74 Å². The van der Waals surface area contributed by atoms with Crippen LogP contribution in [0.2, 0.25) is 0 Å². The Morgan fingerprint density at radius 3 is 2.18 bits per heavy atom. The third-order valence-electron chi connectivity index (χ3n) is 3.23. The molecule has 4 nitrogen and oxygen atoms in total. The minimum absolute atomic E-state index is 0.114. The molecule has 1 unspecified atom stereocenters. The second-order valence-corrected chi connectivity index (χ2v) is 7.58. The van der Waals surface area contributed by atoms with E-state index in [1.165, 1.54) is 5.06 Å². The van der Waals surface area contributed by atoms with Gasteiger partial charge in [-0.25, -0.2) is 4.79 Å². The van der Waals surface area contributed by atoms with Crippen LogP contribution in [0.4, 0.5) is 4.79 Å². The lowest BCUT2D eigenvalue weighted by Gasteiger charge is -2.28. The molecule has 4 heteroatoms. The third-order valence-corrected chi connectivity index (χ3v) is 3.23. The quantitative estimate of drug-likeness (QED) is 0.759. The topological polar surface area (TPSA) is 38.8 Å². The van der Waals surface area contributed by atoms with E-state index in [1.54, 1.807) is 0 Å². The van der Waals surface area contributed by atoms with Crippen LogP contribution in [0, 0.1) is 5.41 Å². The molecule has 0 saturated carbocycles. The van der Waals surface area contributed by atoms with Crippen molar-refractivity contribution in [2.24, 2.45) is 5.41 Å². The molecule has 1 atom stereocenters. The van der Waals surface area contributed by atoms with Crippen LogP contribution in [-0.2, 0) is 9.57 Å². The number of ether oxygens (including phenoxy) is 1. The summed E-state index contributed by atoms with van der Waals surface area (Å²) in [4.78, 5) is 18.3. The molecule has 120 valence electrons. The summed E-state index contributed by atoms with van der Waals surface area (Å²) in [5.41, 5.74) is 0.980. The van der Waals surface area contributed by atoms with E-state index in [0.29, 0.717) is 0 Å². The number of carbonyl (C=O) groups is 1. The second-order valence-electron chi connectivity index (χ2n) is 7.58. The number of hydroxylamine groups is 2. The largest absolute Gasteiger partial charge is 0.442 e. The molecule has 2 rings (SSSR count). The van der Waals surface area contributed by atoms with Crippen molar-refractivity contribution in [3.63, 3.8) is 0 Å². The molecule has 1 heterocycles. The summed E-state index contributed by atoms with van der Waals surface area (Å²) in [5.74, 6) is 0. The average Bonchev–Trinajstić information content (AvgIpc) is 2.82. The highest BCUT2D eigenvalue weighted by molar-refractivity contribution is 5.82. The maximum absolute atomic E-state index is 12.5. The number of nitrogens with zero attached hydrogens (tertiary/aromatic N) is 1. The van der Waals surface area contributed by atoms with Crippen LogP contribution in [0.5, 0.6) is 0 Å². The van der Waals surface area contributed by atoms with E-state index < -0.39 is 11.7 Å². The zero-order valence-electron chi connectivity index (χ0n) is 14.2. The molecule has 0 bridgehead atoms. The van der Waals surface area contributed by atoms with Crippen LogP contribution < -0.4 is 0 Å². The van der Waals surface area contributed by atoms with Crippen molar-refractivity contribution in [1.82, 2.24) is 5.06 Å². The molecule has 1 aliphatic rings. The van der Waals surface area contributed by atoms with Gasteiger partial charge in [-0.05, 0) is 32.3 Å². The van der Waals surface area contributed by atoms with Gasteiger partial charge >= 0.3 is 6.09 Å². The minimum atomic E-state index is -0.567. The molecule has 0 spiro atoms. The summed E-state index contributed by atoms with van der Waals surface area (Å²) in [5, 5.41) is 1.27. The molecule has 0 fully saturated rings. The number of hydrogen-bond acceptors (Lipinski definition) is 3. The summed E-state index contributed by atoms with van der Waals surface area (Å²) < 4.78 is 5.46. The van der Waals surface area contributed by atoms with E-state index in [0.717, 1.165) is 11.3 Å². The molecule has 0 N–H and O–H groups in total. The third kappa shape index (κ3) is 3.89. The second kappa shape index (κ2) is 5.76. The summed E-state index contributed by atoms with van der Waals surface area (Å²) in [6, 6.07) is 9.73. The van der Waals surface area contributed by atoms with E-state index in [4.69, 9.17) is 9.57 Å². The van der Waals surface area contributed by atoms with E-state index in [1.807, 2.05) is 57.2 Å². The smallest absolute Gasteiger partial charge is 0.439 e. The number of amides is 1. The van der Waals surface area contributed by atoms with E-state index >= 15 is 0 Å². The van der Waals surface area contributed by atoms with Gasteiger partial charge in [-0.1, -0.05) is 51.1 Å². The Morgan fingerprint density at radius 2 is 1.68 bits per heavy atom. The highest BCUT2D eigenvalue weighted by atomic mass is 16.7. The van der Waals surface area contributed by atoms with Gasteiger partial charge in [-0.2, -0.15) is 5.06 Å². The van der Waals surface area contributed by atoms with Crippen LogP contribution in [0.1, 0.15) is 47.1 Å². The van der Waals surface area contributed by atoms with Crippen molar-refractivity contribution in [1.29, 1.82) is 0 Å². The highest BCUT2D eigenvalue weighted by Crippen LogP contribution is 2.36. The Hall–Kier alpha value is -1.81. The van der Waals surface area contributed by atoms with Gasteiger partial charge in [0, 0.05) is 5.56 Å². The Balaban J connectivity index is 2.33. The number of rotatable bonds is 1. The summed E-state index contributed by atoms with van der Waals surface area (Å²) >= 11 is 0. The van der Waals surface area contributed by atoms with Crippen LogP contribution in [0.15, 0.2) is 36.4 Å². The van der Waals surface area contributed by atoms with Gasteiger partial charge in [0.25, 0.3) is 0 Å². The van der Waals surface area contributed by atoms with E-state index in [2.05, 4.69) is 20.8 Å². The number of carbonyl (C=O) groups excluding carboxylic acids is 1. The van der Waals surface area contributed by atoms with E-state index in [9.17, 15) is 4.79 Å². The van der Waals surface area contributed by atoms with Gasteiger partial charge in [0.1, 0.15) is 11.7 Å². The first-order valence-corrected chi connectivity index (χ1v) is 7.55. The maximum atomic E-state index is 12.5. The predicted octanol–water partition coefficient (Wildman–Crippen LogP) is 4.62. The molecule has 1 aromatic carbocycles.